The first-order chi connectivity index (χ1) is 15.1. The fourth-order valence-corrected chi connectivity index (χ4v) is 3.83. The number of piperazine rings is 1. The largest absolute Gasteiger partial charge is 0.497 e. The van der Waals surface area contributed by atoms with Gasteiger partial charge < -0.3 is 19.1 Å². The number of methoxy groups -OCH3 is 2. The summed E-state index contributed by atoms with van der Waals surface area (Å²) in [5, 5.41) is 0. The normalized spacial score (nSPS) is 14.4. The molecule has 0 radical (unpaired) electrons. The zero-order chi connectivity index (χ0) is 22.1. The van der Waals surface area contributed by atoms with Gasteiger partial charge in [0.05, 0.1) is 20.8 Å². The van der Waals surface area contributed by atoms with E-state index in [9.17, 15) is 4.79 Å². The lowest BCUT2D eigenvalue weighted by Crippen LogP contribution is -2.48. The van der Waals surface area contributed by atoms with E-state index in [-0.39, 0.29) is 5.91 Å². The highest BCUT2D eigenvalue weighted by atomic mass is 16.5. The summed E-state index contributed by atoms with van der Waals surface area (Å²) in [4.78, 5) is 16.9. The van der Waals surface area contributed by atoms with Gasteiger partial charge in [-0.15, -0.1) is 0 Å². The summed E-state index contributed by atoms with van der Waals surface area (Å²) in [6.07, 6.45) is 2.32. The average Bonchev–Trinajstić information content (AvgIpc) is 2.79. The molecule has 1 aliphatic rings. The smallest absolute Gasteiger partial charge is 0.222 e. The molecule has 0 aromatic heterocycles. The Kier molecular flexibility index (Phi) is 8.59. The quantitative estimate of drug-likeness (QED) is 0.539. The number of aryl methyl sites for hydroxylation is 1. The molecule has 2 aromatic rings. The lowest BCUT2D eigenvalue weighted by atomic mass is 10.1. The third-order valence-corrected chi connectivity index (χ3v) is 5.65. The van der Waals surface area contributed by atoms with Crippen molar-refractivity contribution in [3.63, 3.8) is 0 Å². The first-order valence-electron chi connectivity index (χ1n) is 11.0. The molecule has 0 atom stereocenters. The van der Waals surface area contributed by atoms with Gasteiger partial charge >= 0.3 is 0 Å². The Morgan fingerprint density at radius 1 is 0.935 bits per heavy atom. The molecule has 6 heteroatoms. The summed E-state index contributed by atoms with van der Waals surface area (Å²) in [5.74, 6) is 2.84. The first-order valence-corrected chi connectivity index (χ1v) is 11.0. The first kappa shape index (κ1) is 22.9. The molecule has 0 spiro atoms. The highest BCUT2D eigenvalue weighted by molar-refractivity contribution is 5.76. The predicted molar refractivity (Wildman–Crippen MR) is 122 cm³/mol. The van der Waals surface area contributed by atoms with Crippen molar-refractivity contribution in [2.24, 2.45) is 0 Å². The summed E-state index contributed by atoms with van der Waals surface area (Å²) in [6, 6.07) is 13.9. The summed E-state index contributed by atoms with van der Waals surface area (Å²) in [7, 11) is 3.36. The standard InChI is InChI=1S/C25H34N2O4/c1-20-7-6-8-23(17-20)31-16-5-4-9-25(28)27-14-12-26(13-15-27)19-21-18-22(29-2)10-11-24(21)30-3/h6-8,10-11,17-18H,4-5,9,12-16,19H2,1-3H3. The molecule has 2 aromatic carbocycles. The maximum absolute atomic E-state index is 12.6. The molecule has 0 saturated carbocycles. The highest BCUT2D eigenvalue weighted by Crippen LogP contribution is 2.25. The molecular weight excluding hydrogens is 392 g/mol. The number of benzene rings is 2. The Labute approximate surface area is 185 Å². The number of hydrogen-bond acceptors (Lipinski definition) is 5. The van der Waals surface area contributed by atoms with Gasteiger partial charge in [-0.25, -0.2) is 0 Å². The molecule has 0 unspecified atom stereocenters. The number of unbranched alkanes of at least 4 members (excludes halogenated alkanes) is 1. The summed E-state index contributed by atoms with van der Waals surface area (Å²) in [5.41, 5.74) is 2.30. The van der Waals surface area contributed by atoms with Crippen molar-refractivity contribution >= 4 is 5.91 Å². The highest BCUT2D eigenvalue weighted by Gasteiger charge is 2.21. The van der Waals surface area contributed by atoms with Crippen LogP contribution < -0.4 is 14.2 Å². The van der Waals surface area contributed by atoms with Crippen LogP contribution in [0, 0.1) is 6.92 Å². The SMILES string of the molecule is COc1ccc(OC)c(CN2CCN(C(=O)CCCCOc3cccc(C)c3)CC2)c1. The van der Waals surface area contributed by atoms with Crippen LogP contribution in [0.3, 0.4) is 0 Å². The van der Waals surface area contributed by atoms with Crippen LogP contribution in [0.25, 0.3) is 0 Å². The number of carbonyl (C=O) groups is 1. The van der Waals surface area contributed by atoms with E-state index in [0.29, 0.717) is 13.0 Å². The molecule has 168 valence electrons. The number of hydrogen-bond donors (Lipinski definition) is 0. The van der Waals surface area contributed by atoms with Crippen LogP contribution in [-0.2, 0) is 11.3 Å². The van der Waals surface area contributed by atoms with Crippen LogP contribution in [0.1, 0.15) is 30.4 Å². The molecule has 1 aliphatic heterocycles. The Morgan fingerprint density at radius 3 is 2.45 bits per heavy atom. The van der Waals surface area contributed by atoms with E-state index in [0.717, 1.165) is 68.4 Å². The van der Waals surface area contributed by atoms with Crippen LogP contribution >= 0.6 is 0 Å². The molecule has 0 bridgehead atoms. The minimum absolute atomic E-state index is 0.245. The van der Waals surface area contributed by atoms with E-state index in [1.54, 1.807) is 14.2 Å². The van der Waals surface area contributed by atoms with Crippen LogP contribution in [0.2, 0.25) is 0 Å². The number of nitrogens with zero attached hydrogens (tertiary/aromatic N) is 2. The minimum atomic E-state index is 0.245. The second-order valence-electron chi connectivity index (χ2n) is 7.96. The minimum Gasteiger partial charge on any atom is -0.497 e. The Morgan fingerprint density at radius 2 is 1.74 bits per heavy atom. The zero-order valence-corrected chi connectivity index (χ0v) is 18.9. The van der Waals surface area contributed by atoms with E-state index in [1.165, 1.54) is 5.56 Å². The number of ether oxygens (including phenoxy) is 3. The summed E-state index contributed by atoms with van der Waals surface area (Å²) in [6.45, 7) is 6.75. The van der Waals surface area contributed by atoms with E-state index in [4.69, 9.17) is 14.2 Å². The molecule has 6 nitrogen and oxygen atoms in total. The fraction of sp³-hybridized carbons (Fsp3) is 0.480. The van der Waals surface area contributed by atoms with Gasteiger partial charge in [0.25, 0.3) is 0 Å². The third kappa shape index (κ3) is 6.89. The molecule has 0 aliphatic carbocycles. The molecule has 1 saturated heterocycles. The van der Waals surface area contributed by atoms with Crippen molar-refractivity contribution in [2.45, 2.75) is 32.7 Å². The van der Waals surface area contributed by atoms with E-state index in [1.807, 2.05) is 41.3 Å². The van der Waals surface area contributed by atoms with Crippen LogP contribution in [0.15, 0.2) is 42.5 Å². The Balaban J connectivity index is 1.36. The predicted octanol–water partition coefficient (Wildman–Crippen LogP) is 3.91. The molecular formula is C25H34N2O4. The Hall–Kier alpha value is -2.73. The second kappa shape index (κ2) is 11.6. The molecule has 31 heavy (non-hydrogen) atoms. The maximum atomic E-state index is 12.6. The lowest BCUT2D eigenvalue weighted by Gasteiger charge is -2.35. The van der Waals surface area contributed by atoms with E-state index in [2.05, 4.69) is 17.9 Å². The van der Waals surface area contributed by atoms with Crippen molar-refractivity contribution in [2.75, 3.05) is 47.0 Å². The van der Waals surface area contributed by atoms with Gasteiger partial charge in [0.2, 0.25) is 5.91 Å². The number of rotatable bonds is 10. The summed E-state index contributed by atoms with van der Waals surface area (Å²) < 4.78 is 16.6. The van der Waals surface area contributed by atoms with E-state index >= 15 is 0 Å². The van der Waals surface area contributed by atoms with Crippen molar-refractivity contribution in [1.29, 1.82) is 0 Å². The molecule has 0 N–H and O–H groups in total. The van der Waals surface area contributed by atoms with Gasteiger partial charge in [0.15, 0.2) is 0 Å². The van der Waals surface area contributed by atoms with Crippen LogP contribution in [0.4, 0.5) is 0 Å². The van der Waals surface area contributed by atoms with Gasteiger partial charge in [-0.2, -0.15) is 0 Å². The number of carbonyl (C=O) groups excluding carboxylic acids is 1. The van der Waals surface area contributed by atoms with Crippen LogP contribution in [0.5, 0.6) is 17.2 Å². The van der Waals surface area contributed by atoms with Crippen LogP contribution in [-0.4, -0.2) is 62.7 Å². The van der Waals surface area contributed by atoms with Crippen molar-refractivity contribution in [3.05, 3.63) is 53.6 Å². The molecule has 3 rings (SSSR count). The summed E-state index contributed by atoms with van der Waals surface area (Å²) >= 11 is 0. The van der Waals surface area contributed by atoms with Gasteiger partial charge in [-0.3, -0.25) is 9.69 Å². The van der Waals surface area contributed by atoms with Gasteiger partial charge in [-0.05, 0) is 55.7 Å². The topological polar surface area (TPSA) is 51.2 Å². The number of amides is 1. The third-order valence-electron chi connectivity index (χ3n) is 5.65. The maximum Gasteiger partial charge on any atom is 0.222 e. The van der Waals surface area contributed by atoms with Crippen molar-refractivity contribution < 1.29 is 19.0 Å². The van der Waals surface area contributed by atoms with Gasteiger partial charge in [0, 0.05) is 44.7 Å². The second-order valence-corrected chi connectivity index (χ2v) is 7.96. The zero-order valence-electron chi connectivity index (χ0n) is 18.9. The Bertz CT molecular complexity index is 847. The van der Waals surface area contributed by atoms with Crippen molar-refractivity contribution in [3.8, 4) is 17.2 Å². The van der Waals surface area contributed by atoms with Crippen molar-refractivity contribution in [1.82, 2.24) is 9.80 Å². The molecule has 1 amide bonds. The average molecular weight is 427 g/mol. The monoisotopic (exact) mass is 426 g/mol. The van der Waals surface area contributed by atoms with Gasteiger partial charge in [0.1, 0.15) is 17.2 Å². The molecule has 1 fully saturated rings. The lowest BCUT2D eigenvalue weighted by molar-refractivity contribution is -0.133. The fourth-order valence-electron chi connectivity index (χ4n) is 3.83. The van der Waals surface area contributed by atoms with Gasteiger partial charge in [-0.1, -0.05) is 12.1 Å². The van der Waals surface area contributed by atoms with E-state index < -0.39 is 0 Å². The molecule has 1 heterocycles.